The molecule has 1 fully saturated rings. The molecule has 2 aliphatic rings. The molecule has 0 radical (unpaired) electrons. The summed E-state index contributed by atoms with van der Waals surface area (Å²) in [5.41, 5.74) is 2.90. The fraction of sp³-hybridized carbons (Fsp3) is 0.231. The van der Waals surface area contributed by atoms with Crippen LogP contribution in [0.25, 0.3) is 0 Å². The lowest BCUT2D eigenvalue weighted by molar-refractivity contribution is -0.123. The van der Waals surface area contributed by atoms with Crippen molar-refractivity contribution in [2.45, 2.75) is 18.3 Å². The Morgan fingerprint density at radius 1 is 1.12 bits per heavy atom. The van der Waals surface area contributed by atoms with Gasteiger partial charge in [0.1, 0.15) is 17.4 Å². The molecule has 8 heteroatoms. The summed E-state index contributed by atoms with van der Waals surface area (Å²) in [5, 5.41) is 0. The van der Waals surface area contributed by atoms with Gasteiger partial charge in [-0.3, -0.25) is 9.59 Å². The second kappa shape index (κ2) is 8.43. The number of nitrogens with zero attached hydrogens (tertiary/aromatic N) is 2. The third-order valence-electron chi connectivity index (χ3n) is 6.25. The van der Waals surface area contributed by atoms with Crippen LogP contribution in [0, 0.1) is 18.6 Å². The molecule has 0 bridgehead atoms. The summed E-state index contributed by atoms with van der Waals surface area (Å²) in [7, 11) is 1.53. The molecule has 2 amide bonds. The predicted molar refractivity (Wildman–Crippen MR) is 127 cm³/mol. The van der Waals surface area contributed by atoms with Gasteiger partial charge in [-0.15, -0.1) is 11.8 Å². The molecular formula is C26H22F2N2O3S. The number of carbonyl (C=O) groups is 2. The molecule has 5 nitrogen and oxygen atoms in total. The monoisotopic (exact) mass is 480 g/mol. The van der Waals surface area contributed by atoms with E-state index in [9.17, 15) is 18.4 Å². The summed E-state index contributed by atoms with van der Waals surface area (Å²) in [4.78, 5) is 29.5. The Hall–Kier alpha value is -3.39. The first-order valence-corrected chi connectivity index (χ1v) is 11.8. The quantitative estimate of drug-likeness (QED) is 0.535. The lowest BCUT2D eigenvalue weighted by Crippen LogP contribution is -2.50. The van der Waals surface area contributed by atoms with Gasteiger partial charge in [0.15, 0.2) is 4.87 Å². The maximum absolute atomic E-state index is 14.5. The molecule has 3 aromatic rings. The first kappa shape index (κ1) is 22.4. The van der Waals surface area contributed by atoms with E-state index >= 15 is 0 Å². The average Bonchev–Trinajstić information content (AvgIpc) is 3.37. The molecular weight excluding hydrogens is 458 g/mol. The highest BCUT2D eigenvalue weighted by molar-refractivity contribution is 8.01. The number of methoxy groups -OCH3 is 1. The average molecular weight is 481 g/mol. The minimum atomic E-state index is -1.25. The number of halogens is 2. The van der Waals surface area contributed by atoms with Crippen molar-refractivity contribution < 1.29 is 23.1 Å². The van der Waals surface area contributed by atoms with Crippen molar-refractivity contribution in [3.63, 3.8) is 0 Å². The summed E-state index contributed by atoms with van der Waals surface area (Å²) in [6.45, 7) is 2.25. The van der Waals surface area contributed by atoms with Crippen molar-refractivity contribution in [3.05, 3.63) is 94.6 Å². The second-order valence-electron chi connectivity index (χ2n) is 8.33. The Kier molecular flexibility index (Phi) is 5.56. The van der Waals surface area contributed by atoms with E-state index in [-0.39, 0.29) is 23.9 Å². The maximum Gasteiger partial charge on any atom is 0.268 e. The van der Waals surface area contributed by atoms with Gasteiger partial charge in [-0.1, -0.05) is 29.8 Å². The second-order valence-corrected chi connectivity index (χ2v) is 9.62. The molecule has 1 atom stereocenters. The summed E-state index contributed by atoms with van der Waals surface area (Å²) in [6, 6.07) is 15.8. The number of ether oxygens (including phenoxy) is 1. The summed E-state index contributed by atoms with van der Waals surface area (Å²) in [5.74, 6) is -0.855. The summed E-state index contributed by atoms with van der Waals surface area (Å²) >= 11 is 1.40. The van der Waals surface area contributed by atoms with Gasteiger partial charge >= 0.3 is 0 Å². The van der Waals surface area contributed by atoms with Crippen LogP contribution in [0.15, 0.2) is 60.7 Å². The zero-order valence-corrected chi connectivity index (χ0v) is 19.5. The van der Waals surface area contributed by atoms with Crippen molar-refractivity contribution in [2.75, 3.05) is 24.3 Å². The normalized spacial score (nSPS) is 19.1. The molecule has 0 unspecified atom stereocenters. The molecule has 5 rings (SSSR count). The summed E-state index contributed by atoms with van der Waals surface area (Å²) in [6.07, 6.45) is 0. The minimum absolute atomic E-state index is 0.0650. The molecule has 34 heavy (non-hydrogen) atoms. The zero-order chi connectivity index (χ0) is 24.0. The lowest BCUT2D eigenvalue weighted by atomic mass is 10.0. The fourth-order valence-corrected chi connectivity index (χ4v) is 6.07. The van der Waals surface area contributed by atoms with Crippen molar-refractivity contribution in [3.8, 4) is 5.75 Å². The van der Waals surface area contributed by atoms with Gasteiger partial charge in [-0.05, 0) is 37.3 Å². The van der Waals surface area contributed by atoms with E-state index in [1.54, 1.807) is 29.2 Å². The van der Waals surface area contributed by atoms with Gasteiger partial charge in [0.05, 0.1) is 19.3 Å². The van der Waals surface area contributed by atoms with E-state index in [1.165, 1.54) is 35.9 Å². The van der Waals surface area contributed by atoms with Gasteiger partial charge in [-0.2, -0.15) is 0 Å². The van der Waals surface area contributed by atoms with Gasteiger partial charge in [0.25, 0.3) is 11.8 Å². The number of hydrogen-bond donors (Lipinski definition) is 0. The number of benzene rings is 3. The first-order chi connectivity index (χ1) is 16.3. The smallest absolute Gasteiger partial charge is 0.268 e. The van der Waals surface area contributed by atoms with Gasteiger partial charge in [0, 0.05) is 35.1 Å². The first-order valence-electron chi connectivity index (χ1n) is 10.8. The van der Waals surface area contributed by atoms with E-state index in [0.29, 0.717) is 34.9 Å². The van der Waals surface area contributed by atoms with E-state index in [0.717, 1.165) is 11.6 Å². The third kappa shape index (κ3) is 3.44. The molecule has 0 N–H and O–H groups in total. The van der Waals surface area contributed by atoms with Gasteiger partial charge in [-0.25, -0.2) is 8.78 Å². The zero-order valence-electron chi connectivity index (χ0n) is 18.7. The molecule has 174 valence electrons. The van der Waals surface area contributed by atoms with Crippen molar-refractivity contribution in [1.29, 1.82) is 0 Å². The number of fused-ring (bicyclic) bond motifs is 2. The third-order valence-corrected chi connectivity index (χ3v) is 7.67. The van der Waals surface area contributed by atoms with E-state index in [2.05, 4.69) is 0 Å². The highest BCUT2D eigenvalue weighted by atomic mass is 32.2. The Bertz CT molecular complexity index is 1310. The fourth-order valence-electron chi connectivity index (χ4n) is 4.62. The standard InChI is InChI=1S/C26H22F2N2O3S/c1-16-6-9-23-21(12-16)26(25(32)29(23)15-18-7-8-19(27)14-22(18)28)30(10-11-34-26)24(31)17-4-3-5-20(13-17)33-2/h3-9,12-14H,10-11,15H2,1-2H3/t26-/m0/s1. The number of carbonyl (C=O) groups excluding carboxylic acids is 2. The van der Waals surface area contributed by atoms with E-state index < -0.39 is 16.5 Å². The Labute approximate surface area is 200 Å². The molecule has 3 aromatic carbocycles. The van der Waals surface area contributed by atoms with E-state index in [1.807, 2.05) is 25.1 Å². The van der Waals surface area contributed by atoms with Crippen LogP contribution < -0.4 is 9.64 Å². The minimum Gasteiger partial charge on any atom is -0.497 e. The molecule has 2 aliphatic heterocycles. The van der Waals surface area contributed by atoms with Crippen LogP contribution in [0.1, 0.15) is 27.0 Å². The highest BCUT2D eigenvalue weighted by Crippen LogP contribution is 2.55. The predicted octanol–water partition coefficient (Wildman–Crippen LogP) is 4.87. The van der Waals surface area contributed by atoms with Gasteiger partial charge < -0.3 is 14.5 Å². The SMILES string of the molecule is COc1cccc(C(=O)N2CCS[C@@]23C(=O)N(Cc2ccc(F)cc2F)c2ccc(C)cc23)c1. The largest absolute Gasteiger partial charge is 0.497 e. The van der Waals surface area contributed by atoms with Gasteiger partial charge in [0.2, 0.25) is 0 Å². The molecule has 1 spiro atoms. The Morgan fingerprint density at radius 3 is 2.71 bits per heavy atom. The number of amides is 2. The number of aryl methyl sites for hydroxylation is 1. The van der Waals surface area contributed by atoms with Crippen LogP contribution in [0.5, 0.6) is 5.75 Å². The van der Waals surface area contributed by atoms with Crippen molar-refractivity contribution in [2.24, 2.45) is 0 Å². The Balaban J connectivity index is 1.59. The van der Waals surface area contributed by atoms with E-state index in [4.69, 9.17) is 4.74 Å². The maximum atomic E-state index is 14.5. The van der Waals surface area contributed by atoms with Crippen molar-refractivity contribution >= 4 is 29.3 Å². The van der Waals surface area contributed by atoms with Crippen LogP contribution in [-0.2, 0) is 16.2 Å². The number of anilines is 1. The van der Waals surface area contributed by atoms with Crippen LogP contribution in [-0.4, -0.2) is 36.1 Å². The van der Waals surface area contributed by atoms with Crippen LogP contribution >= 0.6 is 11.8 Å². The lowest BCUT2D eigenvalue weighted by Gasteiger charge is -2.33. The number of rotatable bonds is 4. The number of thioether (sulfide) groups is 1. The molecule has 0 aliphatic carbocycles. The van der Waals surface area contributed by atoms with Crippen LogP contribution in [0.3, 0.4) is 0 Å². The topological polar surface area (TPSA) is 49.9 Å². The van der Waals surface area contributed by atoms with Crippen LogP contribution in [0.4, 0.5) is 14.5 Å². The van der Waals surface area contributed by atoms with Crippen molar-refractivity contribution in [1.82, 2.24) is 4.90 Å². The molecule has 2 heterocycles. The number of hydrogen-bond acceptors (Lipinski definition) is 4. The highest BCUT2D eigenvalue weighted by Gasteiger charge is 2.59. The molecule has 0 aromatic heterocycles. The molecule has 1 saturated heterocycles. The Morgan fingerprint density at radius 2 is 1.94 bits per heavy atom. The molecule has 0 saturated carbocycles. The summed E-state index contributed by atoms with van der Waals surface area (Å²) < 4.78 is 33.2. The van der Waals surface area contributed by atoms with Crippen LogP contribution in [0.2, 0.25) is 0 Å².